The van der Waals surface area contributed by atoms with Crippen LogP contribution in [-0.4, -0.2) is 22.5 Å². The molecule has 2 N–H and O–H groups in total. The molecule has 0 atom stereocenters. The van der Waals surface area contributed by atoms with Crippen LogP contribution in [-0.2, 0) is 9.59 Å². The lowest BCUT2D eigenvalue weighted by Gasteiger charge is -2.27. The third-order valence-electron chi connectivity index (χ3n) is 3.35. The van der Waals surface area contributed by atoms with Crippen molar-refractivity contribution in [1.29, 1.82) is 5.41 Å². The lowest BCUT2D eigenvalue weighted by atomic mass is 9.93. The third-order valence-corrected chi connectivity index (χ3v) is 3.35. The highest BCUT2D eigenvalue weighted by Gasteiger charge is 2.28. The number of rotatable bonds is 2. The summed E-state index contributed by atoms with van der Waals surface area (Å²) in [4.78, 5) is 25.5. The highest BCUT2D eigenvalue weighted by molar-refractivity contribution is 6.26. The van der Waals surface area contributed by atoms with Gasteiger partial charge in [0.25, 0.3) is 0 Å². The van der Waals surface area contributed by atoms with Crippen molar-refractivity contribution in [3.05, 3.63) is 47.2 Å². The summed E-state index contributed by atoms with van der Waals surface area (Å²) < 4.78 is 0. The highest BCUT2D eigenvalue weighted by atomic mass is 16.3. The van der Waals surface area contributed by atoms with Gasteiger partial charge >= 0.3 is 0 Å². The Morgan fingerprint density at radius 1 is 1.19 bits per heavy atom. The Bertz CT molecular complexity index is 697. The Morgan fingerprint density at radius 3 is 2.29 bits per heavy atom. The van der Waals surface area contributed by atoms with E-state index < -0.39 is 0 Å². The summed E-state index contributed by atoms with van der Waals surface area (Å²) in [7, 11) is 0. The minimum absolute atomic E-state index is 0.0754. The maximum Gasteiger partial charge on any atom is 0.228 e. The first kappa shape index (κ1) is 14.7. The first-order valence-corrected chi connectivity index (χ1v) is 6.45. The molecule has 0 heterocycles. The van der Waals surface area contributed by atoms with Gasteiger partial charge in [-0.05, 0) is 49.8 Å². The molecular formula is C16H16N2O3. The number of nitrogens with zero attached hydrogens (tertiary/aromatic N) is 1. The van der Waals surface area contributed by atoms with Crippen LogP contribution in [0.5, 0.6) is 5.75 Å². The molecule has 0 radical (unpaired) electrons. The van der Waals surface area contributed by atoms with Crippen LogP contribution in [0.4, 0.5) is 5.69 Å². The number of aromatic hydroxyl groups is 1. The van der Waals surface area contributed by atoms with Gasteiger partial charge < -0.3 is 10.5 Å². The minimum Gasteiger partial charge on any atom is -0.508 e. The van der Waals surface area contributed by atoms with Crippen LogP contribution >= 0.6 is 0 Å². The van der Waals surface area contributed by atoms with E-state index in [1.165, 1.54) is 30.0 Å². The molecule has 1 aliphatic rings. The van der Waals surface area contributed by atoms with E-state index >= 15 is 0 Å². The zero-order valence-electron chi connectivity index (χ0n) is 12.1. The van der Waals surface area contributed by atoms with Crippen molar-refractivity contribution in [3.63, 3.8) is 0 Å². The number of hydrogen-bond donors (Lipinski definition) is 2. The standard InChI is InChI=1S/C16H16N2O3/c1-9-8-14(21)16(10(2)15(9)17)18(11(3)19)12-4-6-13(20)7-5-12/h4-8,17,20H,1-3H3. The van der Waals surface area contributed by atoms with Crippen molar-refractivity contribution in [1.82, 2.24) is 0 Å². The Balaban J connectivity index is 2.58. The molecule has 1 amide bonds. The number of carbonyl (C=O) groups is 2. The number of anilines is 1. The number of phenols is 1. The smallest absolute Gasteiger partial charge is 0.228 e. The molecule has 5 heteroatoms. The van der Waals surface area contributed by atoms with Crippen molar-refractivity contribution in [2.75, 3.05) is 4.90 Å². The van der Waals surface area contributed by atoms with Gasteiger partial charge in [0.2, 0.25) is 11.7 Å². The zero-order chi connectivity index (χ0) is 15.7. The summed E-state index contributed by atoms with van der Waals surface area (Å²) in [6.45, 7) is 4.71. The SMILES string of the molecule is CC(=O)N(C1=C(C)C(=N)C(C)=CC1=O)c1ccc(O)cc1. The number of nitrogens with one attached hydrogen (secondary N) is 1. The molecule has 21 heavy (non-hydrogen) atoms. The molecule has 0 unspecified atom stereocenters. The van der Waals surface area contributed by atoms with Gasteiger partial charge in [-0.15, -0.1) is 0 Å². The molecule has 0 saturated heterocycles. The number of carbonyl (C=O) groups excluding carboxylic acids is 2. The first-order valence-electron chi connectivity index (χ1n) is 6.45. The van der Waals surface area contributed by atoms with Gasteiger partial charge in [-0.3, -0.25) is 14.5 Å². The molecule has 0 aliphatic heterocycles. The average Bonchev–Trinajstić information content (AvgIpc) is 2.42. The largest absolute Gasteiger partial charge is 0.508 e. The van der Waals surface area contributed by atoms with Crippen LogP contribution < -0.4 is 4.90 Å². The van der Waals surface area contributed by atoms with Crippen LogP contribution in [0.15, 0.2) is 47.2 Å². The van der Waals surface area contributed by atoms with E-state index in [9.17, 15) is 14.7 Å². The summed E-state index contributed by atoms with van der Waals surface area (Å²) in [5.41, 5.74) is 1.95. The predicted molar refractivity (Wildman–Crippen MR) is 80.5 cm³/mol. The Morgan fingerprint density at radius 2 is 1.76 bits per heavy atom. The molecule has 0 saturated carbocycles. The summed E-state index contributed by atoms with van der Waals surface area (Å²) in [5, 5.41) is 17.3. The van der Waals surface area contributed by atoms with E-state index in [0.717, 1.165) is 0 Å². The van der Waals surface area contributed by atoms with E-state index in [4.69, 9.17) is 5.41 Å². The van der Waals surface area contributed by atoms with Gasteiger partial charge in [-0.2, -0.15) is 0 Å². The second kappa shape index (κ2) is 5.36. The first-order chi connectivity index (χ1) is 9.82. The van der Waals surface area contributed by atoms with E-state index in [1.54, 1.807) is 26.0 Å². The lowest BCUT2D eigenvalue weighted by Crippen LogP contribution is -2.35. The lowest BCUT2D eigenvalue weighted by molar-refractivity contribution is -0.118. The maximum absolute atomic E-state index is 12.3. The minimum atomic E-state index is -0.329. The van der Waals surface area contributed by atoms with Crippen molar-refractivity contribution >= 4 is 23.1 Å². The van der Waals surface area contributed by atoms with Crippen LogP contribution in [0.2, 0.25) is 0 Å². The molecule has 1 aromatic rings. The monoisotopic (exact) mass is 284 g/mol. The van der Waals surface area contributed by atoms with Crippen molar-refractivity contribution < 1.29 is 14.7 Å². The fourth-order valence-corrected chi connectivity index (χ4v) is 2.28. The van der Waals surface area contributed by atoms with Gasteiger partial charge in [0.1, 0.15) is 11.4 Å². The molecule has 1 aliphatic carbocycles. The van der Waals surface area contributed by atoms with Gasteiger partial charge in [0.05, 0.1) is 5.71 Å². The fraction of sp³-hybridized carbons (Fsp3) is 0.188. The number of benzene rings is 1. The number of amides is 1. The van der Waals surface area contributed by atoms with Crippen molar-refractivity contribution in [2.45, 2.75) is 20.8 Å². The predicted octanol–water partition coefficient (Wildman–Crippen LogP) is 2.57. The molecule has 2 rings (SSSR count). The zero-order valence-corrected chi connectivity index (χ0v) is 12.1. The Labute approximate surface area is 122 Å². The maximum atomic E-state index is 12.3. The molecule has 0 fully saturated rings. The highest BCUT2D eigenvalue weighted by Crippen LogP contribution is 2.28. The Hall–Kier alpha value is -2.69. The van der Waals surface area contributed by atoms with Crippen LogP contribution in [0.25, 0.3) is 0 Å². The number of ketones is 1. The summed E-state index contributed by atoms with van der Waals surface area (Å²) in [5.74, 6) is -0.556. The van der Waals surface area contributed by atoms with Crippen molar-refractivity contribution in [2.24, 2.45) is 0 Å². The molecule has 0 bridgehead atoms. The summed E-state index contributed by atoms with van der Waals surface area (Å²) in [6, 6.07) is 6.00. The molecule has 0 aromatic heterocycles. The van der Waals surface area contributed by atoms with E-state index in [0.29, 0.717) is 16.8 Å². The fourth-order valence-electron chi connectivity index (χ4n) is 2.28. The van der Waals surface area contributed by atoms with Gasteiger partial charge in [-0.25, -0.2) is 0 Å². The topological polar surface area (TPSA) is 81.5 Å². The van der Waals surface area contributed by atoms with Crippen LogP contribution in [0, 0.1) is 5.41 Å². The van der Waals surface area contributed by atoms with E-state index in [-0.39, 0.29) is 28.8 Å². The van der Waals surface area contributed by atoms with Crippen LogP contribution in [0.1, 0.15) is 20.8 Å². The molecule has 1 aromatic carbocycles. The quantitative estimate of drug-likeness (QED) is 0.819. The van der Waals surface area contributed by atoms with Crippen molar-refractivity contribution in [3.8, 4) is 5.75 Å². The van der Waals surface area contributed by atoms with Gasteiger partial charge in [0, 0.05) is 18.2 Å². The number of hydrogen-bond acceptors (Lipinski definition) is 4. The Kier molecular flexibility index (Phi) is 3.76. The summed E-state index contributed by atoms with van der Waals surface area (Å²) in [6.07, 6.45) is 1.36. The van der Waals surface area contributed by atoms with Gasteiger partial charge in [-0.1, -0.05) is 0 Å². The molecule has 5 nitrogen and oxygen atoms in total. The van der Waals surface area contributed by atoms with Gasteiger partial charge in [0.15, 0.2) is 0 Å². The number of allylic oxidation sites excluding steroid dienone is 3. The van der Waals surface area contributed by atoms with Crippen LogP contribution in [0.3, 0.4) is 0 Å². The molecule has 0 spiro atoms. The van der Waals surface area contributed by atoms with E-state index in [1.807, 2.05) is 0 Å². The normalized spacial score (nSPS) is 15.1. The van der Waals surface area contributed by atoms with E-state index in [2.05, 4.69) is 0 Å². The molecular weight excluding hydrogens is 268 g/mol. The summed E-state index contributed by atoms with van der Waals surface area (Å²) >= 11 is 0. The third kappa shape index (κ3) is 2.63. The second-order valence-electron chi connectivity index (χ2n) is 4.91. The molecule has 108 valence electrons. The number of phenolic OH excluding ortho intramolecular Hbond substituents is 1. The average molecular weight is 284 g/mol. The second-order valence-corrected chi connectivity index (χ2v) is 4.91.